The minimum Gasteiger partial charge on any atom is -0.379 e. The maximum atomic E-state index is 13.2. The Kier molecular flexibility index (Phi) is 7.77. The molecule has 0 bridgehead atoms. The van der Waals surface area contributed by atoms with Gasteiger partial charge in [0.15, 0.2) is 5.65 Å². The number of piperidine rings is 1. The third kappa shape index (κ3) is 5.85. The molecule has 0 unspecified atom stereocenters. The number of likely N-dealkylation sites (tertiary alicyclic amines) is 1. The van der Waals surface area contributed by atoms with Gasteiger partial charge in [-0.25, -0.2) is 4.52 Å². The number of halogens is 3. The summed E-state index contributed by atoms with van der Waals surface area (Å²) in [7, 11) is 0. The lowest BCUT2D eigenvalue weighted by atomic mass is 9.86. The molecule has 0 spiro atoms. The first kappa shape index (κ1) is 30.0. The SMILES string of the molecule is N#CCC1(n2cc(C(F)(F)F)cn2)CN(c2cccn3nc(Nc4cnn(CC(=O)N5CCC(N6CCOCC6)CC5)c4)nc23)C1. The number of morpholine rings is 1. The molecule has 0 aliphatic carbocycles. The molecule has 1 N–H and O–H groups in total. The average Bonchev–Trinajstić information content (AvgIpc) is 3.80. The van der Waals surface area contributed by atoms with Crippen LogP contribution in [0.4, 0.5) is 30.5 Å². The molecule has 14 nitrogen and oxygen atoms in total. The van der Waals surface area contributed by atoms with E-state index in [1.807, 2.05) is 15.9 Å². The van der Waals surface area contributed by atoms with Crippen molar-refractivity contribution in [3.8, 4) is 6.07 Å². The Morgan fingerprint density at radius 1 is 1.11 bits per heavy atom. The van der Waals surface area contributed by atoms with Crippen LogP contribution in [0, 0.1) is 11.3 Å². The molecule has 46 heavy (non-hydrogen) atoms. The van der Waals surface area contributed by atoms with Gasteiger partial charge in [-0.05, 0) is 25.0 Å². The van der Waals surface area contributed by atoms with Crippen molar-refractivity contribution >= 4 is 28.9 Å². The van der Waals surface area contributed by atoms with Crippen LogP contribution in [0.5, 0.6) is 0 Å². The molecular weight excluding hydrogens is 605 g/mol. The fraction of sp³-hybridized carbons (Fsp3) is 0.517. The van der Waals surface area contributed by atoms with E-state index >= 15 is 0 Å². The molecule has 0 saturated carbocycles. The first-order valence-corrected chi connectivity index (χ1v) is 15.2. The molecule has 0 aromatic carbocycles. The van der Waals surface area contributed by atoms with Crippen LogP contribution in [0.1, 0.15) is 24.8 Å². The van der Waals surface area contributed by atoms with Crippen molar-refractivity contribution in [3.63, 3.8) is 0 Å². The summed E-state index contributed by atoms with van der Waals surface area (Å²) in [6, 6.07) is 6.24. The van der Waals surface area contributed by atoms with Crippen molar-refractivity contribution in [2.75, 3.05) is 62.7 Å². The molecule has 7 heterocycles. The Morgan fingerprint density at radius 2 is 1.89 bits per heavy atom. The molecule has 3 fully saturated rings. The van der Waals surface area contributed by atoms with Gasteiger partial charge in [-0.3, -0.25) is 19.1 Å². The second-order valence-electron chi connectivity index (χ2n) is 12.0. The number of ether oxygens (including phenoxy) is 1. The van der Waals surface area contributed by atoms with Crippen molar-refractivity contribution < 1.29 is 22.7 Å². The van der Waals surface area contributed by atoms with Gasteiger partial charge in [-0.15, -0.1) is 5.10 Å². The highest BCUT2D eigenvalue weighted by molar-refractivity contribution is 5.76. The first-order chi connectivity index (χ1) is 22.2. The number of anilines is 3. The Bertz CT molecular complexity index is 1740. The maximum absolute atomic E-state index is 13.2. The number of alkyl halides is 3. The summed E-state index contributed by atoms with van der Waals surface area (Å²) in [6.45, 7) is 5.59. The molecule has 3 aliphatic heterocycles. The number of hydrogen-bond acceptors (Lipinski definition) is 10. The van der Waals surface area contributed by atoms with Crippen LogP contribution < -0.4 is 10.2 Å². The molecule has 7 rings (SSSR count). The Balaban J connectivity index is 0.978. The van der Waals surface area contributed by atoms with Crippen LogP contribution in [0.2, 0.25) is 0 Å². The van der Waals surface area contributed by atoms with Crippen molar-refractivity contribution in [2.45, 2.75) is 43.6 Å². The lowest BCUT2D eigenvalue weighted by Crippen LogP contribution is -2.63. The standard InChI is InChI=1S/C29H33F3N12O2/c30-29(31,32)21-14-35-44(16-21)28(5-6-33)19-41(20-28)24-2-1-7-43-26(24)37-27(38-43)36-22-15-34-42(17-22)18-25(45)40-8-3-23(4-9-40)39-10-12-46-13-11-39/h1-2,7,14-17,23H,3-5,8-13,18-20H2,(H,36,38). The minimum absolute atomic E-state index is 0.00427. The zero-order valence-electron chi connectivity index (χ0n) is 25.0. The summed E-state index contributed by atoms with van der Waals surface area (Å²) < 4.78 is 49.5. The second kappa shape index (κ2) is 11.9. The van der Waals surface area contributed by atoms with Crippen molar-refractivity contribution in [3.05, 3.63) is 48.7 Å². The number of nitrogens with zero attached hydrogens (tertiary/aromatic N) is 11. The topological polar surface area (TPSA) is 138 Å². The molecule has 4 aromatic heterocycles. The number of amides is 1. The quantitative estimate of drug-likeness (QED) is 0.306. The highest BCUT2D eigenvalue weighted by Crippen LogP contribution is 2.39. The fourth-order valence-electron chi connectivity index (χ4n) is 6.55. The number of pyridine rings is 1. The van der Waals surface area contributed by atoms with Gasteiger partial charge in [0, 0.05) is 63.9 Å². The van der Waals surface area contributed by atoms with Gasteiger partial charge in [-0.1, -0.05) is 0 Å². The van der Waals surface area contributed by atoms with Gasteiger partial charge < -0.3 is 19.9 Å². The average molecular weight is 639 g/mol. The Labute approximate surface area is 261 Å². The fourth-order valence-corrected chi connectivity index (χ4v) is 6.55. The van der Waals surface area contributed by atoms with Gasteiger partial charge >= 0.3 is 6.18 Å². The molecular formula is C29H33F3N12O2. The van der Waals surface area contributed by atoms with E-state index < -0.39 is 17.3 Å². The molecule has 0 atom stereocenters. The Hall–Kier alpha value is -4.69. The minimum atomic E-state index is -4.52. The number of nitrogens with one attached hydrogen (secondary N) is 1. The molecule has 3 aliphatic rings. The summed E-state index contributed by atoms with van der Waals surface area (Å²) in [6.07, 6.45) is 4.22. The first-order valence-electron chi connectivity index (χ1n) is 15.2. The molecule has 0 radical (unpaired) electrons. The predicted molar refractivity (Wildman–Crippen MR) is 158 cm³/mol. The van der Waals surface area contributed by atoms with Gasteiger partial charge in [0.1, 0.15) is 12.1 Å². The summed E-state index contributed by atoms with van der Waals surface area (Å²) in [5.74, 6) is 0.339. The smallest absolute Gasteiger partial charge is 0.379 e. The van der Waals surface area contributed by atoms with Crippen molar-refractivity contribution in [2.24, 2.45) is 0 Å². The second-order valence-corrected chi connectivity index (χ2v) is 12.0. The number of rotatable bonds is 8. The highest BCUT2D eigenvalue weighted by Gasteiger charge is 2.47. The molecule has 17 heteroatoms. The third-order valence-electron chi connectivity index (χ3n) is 9.02. The normalized spacial score (nSPS) is 19.3. The van der Waals surface area contributed by atoms with Crippen molar-refractivity contribution in [1.82, 2.24) is 44.0 Å². The van der Waals surface area contributed by atoms with Crippen LogP contribution in [0.3, 0.4) is 0 Å². The Morgan fingerprint density at radius 3 is 2.61 bits per heavy atom. The van der Waals surface area contributed by atoms with Crippen LogP contribution in [-0.4, -0.2) is 108 Å². The number of carbonyl (C=O) groups excluding carboxylic acids is 1. The zero-order chi connectivity index (χ0) is 31.9. The van der Waals surface area contributed by atoms with E-state index in [2.05, 4.69) is 36.6 Å². The maximum Gasteiger partial charge on any atom is 0.419 e. The molecule has 242 valence electrons. The number of aromatic nitrogens is 7. The van der Waals surface area contributed by atoms with E-state index in [1.54, 1.807) is 33.9 Å². The predicted octanol–water partition coefficient (Wildman–Crippen LogP) is 2.34. The summed E-state index contributed by atoms with van der Waals surface area (Å²) in [5.41, 5.74) is 0.132. The van der Waals surface area contributed by atoms with Gasteiger partial charge in [-0.2, -0.15) is 33.6 Å². The van der Waals surface area contributed by atoms with E-state index in [0.717, 1.165) is 70.3 Å². The van der Waals surface area contributed by atoms with Gasteiger partial charge in [0.2, 0.25) is 11.9 Å². The summed E-state index contributed by atoms with van der Waals surface area (Å²) in [4.78, 5) is 23.9. The lowest BCUT2D eigenvalue weighted by molar-refractivity contribution is -0.137. The van der Waals surface area contributed by atoms with E-state index in [1.165, 1.54) is 4.68 Å². The lowest BCUT2D eigenvalue weighted by Gasteiger charge is -2.50. The monoisotopic (exact) mass is 638 g/mol. The number of carbonyl (C=O) groups is 1. The molecule has 4 aromatic rings. The summed E-state index contributed by atoms with van der Waals surface area (Å²) >= 11 is 0. The van der Waals surface area contributed by atoms with Crippen molar-refractivity contribution in [1.29, 1.82) is 5.26 Å². The van der Waals surface area contributed by atoms with E-state index in [-0.39, 0.29) is 32.0 Å². The van der Waals surface area contributed by atoms with Gasteiger partial charge in [0.25, 0.3) is 0 Å². The third-order valence-corrected chi connectivity index (χ3v) is 9.02. The summed E-state index contributed by atoms with van der Waals surface area (Å²) in [5, 5.41) is 25.4. The van der Waals surface area contributed by atoms with E-state index in [4.69, 9.17) is 4.74 Å². The number of hydrogen-bond donors (Lipinski definition) is 1. The van der Waals surface area contributed by atoms with Crippen LogP contribution in [0.25, 0.3) is 5.65 Å². The van der Waals surface area contributed by atoms with Crippen LogP contribution in [0.15, 0.2) is 43.1 Å². The zero-order valence-corrected chi connectivity index (χ0v) is 25.0. The number of nitriles is 1. The van der Waals surface area contributed by atoms with Gasteiger partial charge in [0.05, 0.1) is 55.0 Å². The van der Waals surface area contributed by atoms with E-state index in [9.17, 15) is 23.2 Å². The van der Waals surface area contributed by atoms with E-state index in [0.29, 0.717) is 23.3 Å². The van der Waals surface area contributed by atoms with Crippen LogP contribution >= 0.6 is 0 Å². The largest absolute Gasteiger partial charge is 0.419 e. The number of fused-ring (bicyclic) bond motifs is 1. The molecule has 1 amide bonds. The molecule has 3 saturated heterocycles. The highest BCUT2D eigenvalue weighted by atomic mass is 19.4. The van der Waals surface area contributed by atoms with Crippen LogP contribution in [-0.2, 0) is 27.8 Å².